The largest absolute Gasteiger partial charge is 0.354 e. The van der Waals surface area contributed by atoms with E-state index in [1.165, 1.54) is 16.7 Å². The first kappa shape index (κ1) is 31.2. The van der Waals surface area contributed by atoms with Gasteiger partial charge in [0.2, 0.25) is 11.8 Å². The molecule has 3 rings (SSSR count). The van der Waals surface area contributed by atoms with Crippen molar-refractivity contribution in [2.75, 3.05) is 23.7 Å². The van der Waals surface area contributed by atoms with Crippen molar-refractivity contribution < 1.29 is 18.0 Å². The van der Waals surface area contributed by atoms with Crippen molar-refractivity contribution in [1.82, 2.24) is 10.2 Å². The van der Waals surface area contributed by atoms with Crippen LogP contribution in [0.1, 0.15) is 38.3 Å². The molecular weight excluding hydrogens is 542 g/mol. The van der Waals surface area contributed by atoms with Gasteiger partial charge in [0, 0.05) is 18.0 Å². The zero-order chi connectivity index (χ0) is 29.3. The summed E-state index contributed by atoms with van der Waals surface area (Å²) in [4.78, 5) is 29.8. The van der Waals surface area contributed by atoms with Gasteiger partial charge in [0.25, 0.3) is 10.0 Å². The van der Waals surface area contributed by atoms with Gasteiger partial charge in [0.05, 0.1) is 10.6 Å². The molecular formula is C31H39N3O4S2. The maximum Gasteiger partial charge on any atom is 0.264 e. The van der Waals surface area contributed by atoms with Gasteiger partial charge in [-0.3, -0.25) is 13.9 Å². The highest BCUT2D eigenvalue weighted by atomic mass is 32.2. The van der Waals surface area contributed by atoms with E-state index >= 15 is 0 Å². The molecule has 0 fully saturated rings. The molecule has 3 aromatic carbocycles. The van der Waals surface area contributed by atoms with Gasteiger partial charge in [-0.15, -0.1) is 11.8 Å². The number of nitrogens with zero attached hydrogens (tertiary/aromatic N) is 2. The van der Waals surface area contributed by atoms with Gasteiger partial charge in [0.1, 0.15) is 12.6 Å². The summed E-state index contributed by atoms with van der Waals surface area (Å²) >= 11 is 1.52. The Balaban J connectivity index is 2.02. The summed E-state index contributed by atoms with van der Waals surface area (Å²) in [7, 11) is -4.09. The number of carbonyl (C=O) groups excluding carboxylic acids is 2. The smallest absolute Gasteiger partial charge is 0.264 e. The molecule has 0 aliphatic carbocycles. The van der Waals surface area contributed by atoms with E-state index < -0.39 is 28.5 Å². The maximum atomic E-state index is 14.1. The van der Waals surface area contributed by atoms with Crippen LogP contribution in [-0.4, -0.2) is 50.5 Å². The molecule has 40 heavy (non-hydrogen) atoms. The molecule has 9 heteroatoms. The molecule has 0 aliphatic rings. The van der Waals surface area contributed by atoms with Crippen LogP contribution in [0.4, 0.5) is 5.69 Å². The van der Waals surface area contributed by atoms with E-state index in [0.29, 0.717) is 18.7 Å². The fourth-order valence-corrected chi connectivity index (χ4v) is 6.06. The average molecular weight is 582 g/mol. The number of thioether (sulfide) groups is 1. The van der Waals surface area contributed by atoms with Crippen molar-refractivity contribution in [3.05, 3.63) is 90.0 Å². The highest BCUT2D eigenvalue weighted by molar-refractivity contribution is 7.98. The van der Waals surface area contributed by atoms with Crippen LogP contribution in [0.25, 0.3) is 0 Å². The Kier molecular flexibility index (Phi) is 11.2. The first-order valence-electron chi connectivity index (χ1n) is 13.4. The monoisotopic (exact) mass is 581 g/mol. The van der Waals surface area contributed by atoms with Crippen LogP contribution in [0, 0.1) is 12.8 Å². The van der Waals surface area contributed by atoms with E-state index in [1.807, 2.05) is 76.4 Å². The summed E-state index contributed by atoms with van der Waals surface area (Å²) in [6.07, 6.45) is 2.31. The van der Waals surface area contributed by atoms with Gasteiger partial charge in [-0.05, 0) is 67.5 Å². The molecule has 3 aromatic rings. The van der Waals surface area contributed by atoms with Gasteiger partial charge < -0.3 is 10.2 Å². The van der Waals surface area contributed by atoms with E-state index in [2.05, 4.69) is 5.32 Å². The molecule has 0 unspecified atom stereocenters. The third-order valence-corrected chi connectivity index (χ3v) is 9.05. The number of benzene rings is 3. The Hall–Kier alpha value is -3.30. The number of hydrogen-bond acceptors (Lipinski definition) is 5. The lowest BCUT2D eigenvalue weighted by atomic mass is 10.1. The Morgan fingerprint density at radius 3 is 2.10 bits per heavy atom. The third-order valence-electron chi connectivity index (χ3n) is 6.51. The lowest BCUT2D eigenvalue weighted by Gasteiger charge is -2.33. The number of hydrogen-bond donors (Lipinski definition) is 1. The van der Waals surface area contributed by atoms with E-state index in [-0.39, 0.29) is 23.3 Å². The average Bonchev–Trinajstić information content (AvgIpc) is 2.95. The first-order chi connectivity index (χ1) is 19.1. The molecule has 0 spiro atoms. The quantitative estimate of drug-likeness (QED) is 0.270. The Morgan fingerprint density at radius 2 is 1.55 bits per heavy atom. The second kappa shape index (κ2) is 14.4. The molecule has 0 aromatic heterocycles. The van der Waals surface area contributed by atoms with Crippen molar-refractivity contribution in [3.63, 3.8) is 0 Å². The zero-order valence-electron chi connectivity index (χ0n) is 23.8. The predicted octanol–water partition coefficient (Wildman–Crippen LogP) is 5.49. The summed E-state index contributed by atoms with van der Waals surface area (Å²) in [5.74, 6) is -0.461. The number of nitrogens with one attached hydrogen (secondary N) is 1. The molecule has 0 radical (unpaired) electrons. The summed E-state index contributed by atoms with van der Waals surface area (Å²) in [6, 6.07) is 22.3. The lowest BCUT2D eigenvalue weighted by Crippen LogP contribution is -2.52. The minimum Gasteiger partial charge on any atom is -0.354 e. The summed E-state index contributed by atoms with van der Waals surface area (Å²) in [5, 5.41) is 2.95. The molecule has 0 heterocycles. The lowest BCUT2D eigenvalue weighted by molar-refractivity contribution is -0.140. The first-order valence-corrected chi connectivity index (χ1v) is 16.1. The van der Waals surface area contributed by atoms with Crippen LogP contribution in [0.3, 0.4) is 0 Å². The topological polar surface area (TPSA) is 86.8 Å². The predicted molar refractivity (Wildman–Crippen MR) is 163 cm³/mol. The van der Waals surface area contributed by atoms with E-state index in [0.717, 1.165) is 20.3 Å². The number of amides is 2. The fraction of sp³-hybridized carbons (Fsp3) is 0.355. The van der Waals surface area contributed by atoms with Gasteiger partial charge in [-0.1, -0.05) is 68.8 Å². The van der Waals surface area contributed by atoms with Gasteiger partial charge in [-0.25, -0.2) is 8.42 Å². The molecule has 0 aliphatic heterocycles. The summed E-state index contributed by atoms with van der Waals surface area (Å²) in [5.41, 5.74) is 2.20. The van der Waals surface area contributed by atoms with Gasteiger partial charge >= 0.3 is 0 Å². The van der Waals surface area contributed by atoms with Gasteiger partial charge in [0.15, 0.2) is 0 Å². The molecule has 1 atom stereocenters. The summed E-state index contributed by atoms with van der Waals surface area (Å²) < 4.78 is 29.0. The van der Waals surface area contributed by atoms with E-state index in [4.69, 9.17) is 0 Å². The van der Waals surface area contributed by atoms with Crippen molar-refractivity contribution in [3.8, 4) is 0 Å². The normalized spacial score (nSPS) is 12.2. The highest BCUT2D eigenvalue weighted by Crippen LogP contribution is 2.26. The number of sulfonamides is 1. The molecule has 0 bridgehead atoms. The van der Waals surface area contributed by atoms with E-state index in [1.54, 1.807) is 36.4 Å². The van der Waals surface area contributed by atoms with Crippen molar-refractivity contribution in [2.24, 2.45) is 5.92 Å². The van der Waals surface area contributed by atoms with Crippen LogP contribution in [0.5, 0.6) is 0 Å². The number of anilines is 1. The molecule has 7 nitrogen and oxygen atoms in total. The minimum absolute atomic E-state index is 0.0926. The molecule has 0 saturated heterocycles. The highest BCUT2D eigenvalue weighted by Gasteiger charge is 2.33. The van der Waals surface area contributed by atoms with Crippen LogP contribution < -0.4 is 9.62 Å². The third kappa shape index (κ3) is 8.11. The fourth-order valence-electron chi connectivity index (χ4n) is 4.24. The molecule has 0 saturated carbocycles. The van der Waals surface area contributed by atoms with Crippen LogP contribution >= 0.6 is 11.8 Å². The Labute approximate surface area is 243 Å². The standard InChI is InChI=1S/C31H39N3O4S2/c1-6-29(31(36)32-20-23(2)3)33(21-25-10-8-7-9-11-25)30(35)22-34(26-14-12-24(4)13-15-26)40(37,38)28-18-16-27(39-5)17-19-28/h7-19,23,29H,6,20-22H2,1-5H3,(H,32,36)/t29-/m1/s1. The zero-order valence-corrected chi connectivity index (χ0v) is 25.5. The number of aryl methyl sites for hydroxylation is 1. The number of carbonyl (C=O) groups is 2. The molecule has 1 N–H and O–H groups in total. The van der Waals surface area contributed by atoms with Crippen molar-refractivity contribution >= 4 is 39.3 Å². The van der Waals surface area contributed by atoms with E-state index in [9.17, 15) is 18.0 Å². The van der Waals surface area contributed by atoms with Gasteiger partial charge in [-0.2, -0.15) is 0 Å². The Bertz CT molecular complexity index is 1360. The molecule has 2 amide bonds. The van der Waals surface area contributed by atoms with Crippen LogP contribution in [0.15, 0.2) is 88.7 Å². The van der Waals surface area contributed by atoms with Crippen LogP contribution in [-0.2, 0) is 26.2 Å². The SMILES string of the molecule is CC[C@H](C(=O)NCC(C)C)N(Cc1ccccc1)C(=O)CN(c1ccc(C)cc1)S(=O)(=O)c1ccc(SC)cc1. The van der Waals surface area contributed by atoms with Crippen molar-refractivity contribution in [2.45, 2.75) is 56.5 Å². The second-order valence-corrected chi connectivity index (χ2v) is 12.8. The Morgan fingerprint density at radius 1 is 0.925 bits per heavy atom. The number of rotatable bonds is 13. The summed E-state index contributed by atoms with van der Waals surface area (Å²) in [6.45, 7) is 7.99. The maximum absolute atomic E-state index is 14.1. The second-order valence-electron chi connectivity index (χ2n) is 10.1. The minimum atomic E-state index is -4.09. The molecule has 214 valence electrons. The van der Waals surface area contributed by atoms with Crippen LogP contribution in [0.2, 0.25) is 0 Å². The van der Waals surface area contributed by atoms with Crippen molar-refractivity contribution in [1.29, 1.82) is 0 Å².